The van der Waals surface area contributed by atoms with Gasteiger partial charge in [-0.05, 0) is 49.2 Å². The van der Waals surface area contributed by atoms with E-state index in [1.54, 1.807) is 41.7 Å². The Hall–Kier alpha value is -4.43. The van der Waals surface area contributed by atoms with Crippen molar-refractivity contribution in [1.29, 1.82) is 5.26 Å². The zero-order valence-electron chi connectivity index (χ0n) is 22.1. The Morgan fingerprint density at radius 2 is 1.98 bits per heavy atom. The van der Waals surface area contributed by atoms with Crippen molar-refractivity contribution in [3.05, 3.63) is 82.7 Å². The van der Waals surface area contributed by atoms with Crippen LogP contribution in [0.15, 0.2) is 48.8 Å². The molecule has 7 rings (SSSR count). The number of aromatic nitrogens is 3. The molecule has 11 heteroatoms. The smallest absolute Gasteiger partial charge is 0.387 e. The monoisotopic (exact) mass is 559 g/mol. The van der Waals surface area contributed by atoms with Gasteiger partial charge in [0.15, 0.2) is 0 Å². The van der Waals surface area contributed by atoms with Gasteiger partial charge in [0, 0.05) is 60.5 Å². The maximum atomic E-state index is 15.4. The lowest BCUT2D eigenvalue weighted by atomic mass is 9.59. The molecule has 1 aliphatic heterocycles. The molecule has 3 aliphatic rings. The van der Waals surface area contributed by atoms with E-state index in [4.69, 9.17) is 9.84 Å². The molecule has 0 spiro atoms. The molecule has 1 amide bonds. The number of hydrogen-bond donors (Lipinski definition) is 1. The summed E-state index contributed by atoms with van der Waals surface area (Å²) in [5, 5.41) is 24.7. The van der Waals surface area contributed by atoms with Gasteiger partial charge in [-0.1, -0.05) is 6.07 Å². The number of carbonyl (C=O) groups is 1. The number of amides is 1. The first-order valence-corrected chi connectivity index (χ1v) is 13.2. The Labute approximate surface area is 232 Å². The van der Waals surface area contributed by atoms with Crippen molar-refractivity contribution in [2.75, 3.05) is 7.05 Å². The topological polar surface area (TPSA) is 104 Å². The fraction of sp³-hybridized carbons (Fsp3) is 0.333. The summed E-state index contributed by atoms with van der Waals surface area (Å²) >= 11 is 0. The van der Waals surface area contributed by atoms with Crippen molar-refractivity contribution in [1.82, 2.24) is 19.5 Å². The third-order valence-corrected chi connectivity index (χ3v) is 8.68. The van der Waals surface area contributed by atoms with Gasteiger partial charge in [-0.3, -0.25) is 9.78 Å². The van der Waals surface area contributed by atoms with Crippen molar-refractivity contribution in [2.24, 2.45) is 0 Å². The Morgan fingerprint density at radius 1 is 1.20 bits per heavy atom. The zero-order chi connectivity index (χ0) is 28.8. The lowest BCUT2D eigenvalue weighted by Gasteiger charge is -2.46. The minimum absolute atomic E-state index is 0.0162. The molecule has 41 heavy (non-hydrogen) atoms. The number of pyridine rings is 2. The van der Waals surface area contributed by atoms with Crippen molar-refractivity contribution >= 4 is 11.4 Å². The molecular weight excluding hydrogens is 535 g/mol. The number of aliphatic hydroxyl groups is 1. The molecule has 4 aromatic rings. The standard InChI is InChI=1S/C30H24F3N5O3/c1-29(40)12-30(13-29,14-34)26-19(31)8-16(11-35-26)15-6-7-38-20(9-15)24-18-10-21(25(24)36-38)37(2)27(39)17-4-3-5-22(23(17)18)41-28(32)33/h3-9,11,18,21,28,40H,10,12-13H2,1-2H3. The molecule has 0 saturated heterocycles. The van der Waals surface area contributed by atoms with Gasteiger partial charge in [-0.25, -0.2) is 8.91 Å². The highest BCUT2D eigenvalue weighted by atomic mass is 19.3. The van der Waals surface area contributed by atoms with Crippen LogP contribution in [0.3, 0.4) is 0 Å². The molecule has 2 unspecified atom stereocenters. The van der Waals surface area contributed by atoms with Gasteiger partial charge in [0.25, 0.3) is 5.91 Å². The Balaban J connectivity index is 1.34. The molecule has 8 nitrogen and oxygen atoms in total. The van der Waals surface area contributed by atoms with E-state index in [2.05, 4.69) is 11.1 Å². The fourth-order valence-electron chi connectivity index (χ4n) is 7.04. The number of nitriles is 1. The summed E-state index contributed by atoms with van der Waals surface area (Å²) in [6.07, 6.45) is 3.90. The van der Waals surface area contributed by atoms with Crippen LogP contribution in [0.2, 0.25) is 0 Å². The van der Waals surface area contributed by atoms with Crippen LogP contribution in [-0.4, -0.2) is 49.8 Å². The molecular formula is C30H24F3N5O3. The van der Waals surface area contributed by atoms with Crippen molar-refractivity contribution in [3.8, 4) is 22.9 Å². The first-order chi connectivity index (χ1) is 19.5. The highest BCUT2D eigenvalue weighted by Crippen LogP contribution is 2.54. The van der Waals surface area contributed by atoms with E-state index in [0.717, 1.165) is 5.56 Å². The molecule has 1 N–H and O–H groups in total. The van der Waals surface area contributed by atoms with E-state index in [1.807, 2.05) is 6.07 Å². The number of fused-ring (bicyclic) bond motifs is 9. The summed E-state index contributed by atoms with van der Waals surface area (Å²) < 4.78 is 48.6. The van der Waals surface area contributed by atoms with E-state index in [0.29, 0.717) is 39.9 Å². The first-order valence-electron chi connectivity index (χ1n) is 13.2. The molecule has 3 aromatic heterocycles. The number of rotatable bonds is 4. The predicted molar refractivity (Wildman–Crippen MR) is 140 cm³/mol. The van der Waals surface area contributed by atoms with E-state index in [1.165, 1.54) is 24.4 Å². The third kappa shape index (κ3) is 3.67. The third-order valence-electron chi connectivity index (χ3n) is 8.68. The van der Waals surface area contributed by atoms with Crippen LogP contribution in [0.1, 0.15) is 71.0 Å². The van der Waals surface area contributed by atoms with Crippen molar-refractivity contribution in [3.63, 3.8) is 0 Å². The number of benzene rings is 1. The van der Waals surface area contributed by atoms with E-state index in [-0.39, 0.29) is 36.2 Å². The van der Waals surface area contributed by atoms with Gasteiger partial charge in [-0.2, -0.15) is 19.1 Å². The zero-order valence-corrected chi connectivity index (χ0v) is 22.1. The van der Waals surface area contributed by atoms with Crippen molar-refractivity contribution in [2.45, 2.75) is 55.8 Å². The molecule has 2 bridgehead atoms. The maximum Gasteiger partial charge on any atom is 0.387 e. The van der Waals surface area contributed by atoms with Gasteiger partial charge >= 0.3 is 6.61 Å². The van der Waals surface area contributed by atoms with Crippen LogP contribution in [0.5, 0.6) is 5.75 Å². The van der Waals surface area contributed by atoms with Gasteiger partial charge in [0.05, 0.1) is 34.6 Å². The van der Waals surface area contributed by atoms with Crippen LogP contribution in [-0.2, 0) is 5.41 Å². The lowest BCUT2D eigenvalue weighted by molar-refractivity contribution is -0.0579. The summed E-state index contributed by atoms with van der Waals surface area (Å²) in [4.78, 5) is 19.2. The Kier molecular flexibility index (Phi) is 5.32. The highest BCUT2D eigenvalue weighted by molar-refractivity contribution is 5.98. The molecule has 2 atom stereocenters. The number of alkyl halides is 2. The molecule has 2 aliphatic carbocycles. The number of carbonyl (C=O) groups excluding carboxylic acids is 1. The second kappa shape index (κ2) is 8.54. The average Bonchev–Trinajstić information content (AvgIpc) is 3.44. The van der Waals surface area contributed by atoms with Gasteiger partial charge in [0.1, 0.15) is 17.0 Å². The Bertz CT molecular complexity index is 1800. The first kappa shape index (κ1) is 25.5. The summed E-state index contributed by atoms with van der Waals surface area (Å²) in [7, 11) is 1.68. The maximum absolute atomic E-state index is 15.4. The minimum Gasteiger partial charge on any atom is -0.434 e. The highest BCUT2D eigenvalue weighted by Gasteiger charge is 2.55. The van der Waals surface area contributed by atoms with Crippen molar-refractivity contribution < 1.29 is 27.8 Å². The normalized spacial score (nSPS) is 26.4. The van der Waals surface area contributed by atoms with Crippen LogP contribution >= 0.6 is 0 Å². The second-order valence-electron chi connectivity index (χ2n) is 11.5. The molecule has 0 radical (unpaired) electrons. The number of ether oxygens (including phenoxy) is 1. The molecule has 1 fully saturated rings. The SMILES string of the molecule is CN1C(=O)c2cccc(OC(F)F)c2C2CC1c1nn3ccc(-c4cnc(C5(C#N)CC(C)(O)C5)c(F)c4)cc3c12. The van der Waals surface area contributed by atoms with Crippen LogP contribution in [0.25, 0.3) is 16.6 Å². The number of nitrogens with zero attached hydrogens (tertiary/aromatic N) is 5. The number of halogens is 3. The molecule has 1 saturated carbocycles. The largest absolute Gasteiger partial charge is 0.434 e. The molecule has 4 heterocycles. The predicted octanol–water partition coefficient (Wildman–Crippen LogP) is 5.11. The second-order valence-corrected chi connectivity index (χ2v) is 11.5. The van der Waals surface area contributed by atoms with E-state index >= 15 is 4.39 Å². The Morgan fingerprint density at radius 3 is 2.66 bits per heavy atom. The minimum atomic E-state index is -3.05. The lowest BCUT2D eigenvalue weighted by Crippen LogP contribution is -2.52. The number of hydrogen-bond acceptors (Lipinski definition) is 6. The summed E-state index contributed by atoms with van der Waals surface area (Å²) in [6.45, 7) is -1.44. The van der Waals surface area contributed by atoms with Gasteiger partial charge in [-0.15, -0.1) is 0 Å². The molecule has 1 aromatic carbocycles. The average molecular weight is 560 g/mol. The fourth-order valence-corrected chi connectivity index (χ4v) is 7.04. The summed E-state index contributed by atoms with van der Waals surface area (Å²) in [6, 6.07) is 11.3. The van der Waals surface area contributed by atoms with E-state index in [9.17, 15) is 23.9 Å². The molecule has 208 valence electrons. The van der Waals surface area contributed by atoms with Gasteiger partial charge in [0.2, 0.25) is 0 Å². The van der Waals surface area contributed by atoms with Crippen LogP contribution in [0.4, 0.5) is 13.2 Å². The van der Waals surface area contributed by atoms with Gasteiger partial charge < -0.3 is 14.7 Å². The van der Waals surface area contributed by atoms with Crippen LogP contribution < -0.4 is 4.74 Å². The summed E-state index contributed by atoms with van der Waals surface area (Å²) in [5.74, 6) is -1.40. The van der Waals surface area contributed by atoms with Crippen LogP contribution in [0, 0.1) is 17.1 Å². The van der Waals surface area contributed by atoms with E-state index < -0.39 is 29.4 Å². The summed E-state index contributed by atoms with van der Waals surface area (Å²) in [5.41, 5.74) is 1.81. The quantitative estimate of drug-likeness (QED) is 0.373.